The number of hydrogen-bond acceptors (Lipinski definition) is 4. The fourth-order valence-electron chi connectivity index (χ4n) is 3.34. The Balaban J connectivity index is 2.40. The third-order valence-corrected chi connectivity index (χ3v) is 4.78. The molecule has 0 bridgehead atoms. The Labute approximate surface area is 171 Å². The fraction of sp³-hybridized carbons (Fsp3) is 0.619. The molecule has 0 atom stereocenters. The Morgan fingerprint density at radius 1 is 1.17 bits per heavy atom. The minimum atomic E-state index is -4.49. The first kappa shape index (κ1) is 23.2. The van der Waals surface area contributed by atoms with Gasteiger partial charge in [0.05, 0.1) is 17.5 Å². The molecule has 29 heavy (non-hydrogen) atoms. The van der Waals surface area contributed by atoms with Crippen LogP contribution in [0.5, 0.6) is 0 Å². The SMILES string of the molecule is CCCCN(C)Cc1cn[nH]c1-c1cnc(N(CC)CC(C)C)c(C(F)(F)F)c1. The molecule has 0 saturated carbocycles. The minimum absolute atomic E-state index is 0.0152. The Morgan fingerprint density at radius 3 is 2.48 bits per heavy atom. The lowest BCUT2D eigenvalue weighted by Gasteiger charge is -2.27. The van der Waals surface area contributed by atoms with E-state index in [-0.39, 0.29) is 11.7 Å². The maximum absolute atomic E-state index is 13.9. The van der Waals surface area contributed by atoms with Crippen LogP contribution in [-0.4, -0.2) is 46.8 Å². The van der Waals surface area contributed by atoms with Gasteiger partial charge < -0.3 is 9.80 Å². The van der Waals surface area contributed by atoms with Crippen LogP contribution in [0.4, 0.5) is 19.0 Å². The normalized spacial score (nSPS) is 12.2. The molecule has 0 radical (unpaired) electrons. The molecule has 0 aliphatic rings. The number of unbranched alkanes of at least 4 members (excludes halogenated alkanes) is 1. The van der Waals surface area contributed by atoms with E-state index >= 15 is 0 Å². The molecule has 2 aromatic heterocycles. The highest BCUT2D eigenvalue weighted by Gasteiger charge is 2.36. The summed E-state index contributed by atoms with van der Waals surface area (Å²) in [6.45, 7) is 10.5. The second-order valence-electron chi connectivity index (χ2n) is 7.89. The smallest absolute Gasteiger partial charge is 0.356 e. The summed E-state index contributed by atoms with van der Waals surface area (Å²) in [7, 11) is 2.00. The second kappa shape index (κ2) is 10.1. The van der Waals surface area contributed by atoms with Crippen LogP contribution in [0.2, 0.25) is 0 Å². The zero-order valence-electron chi connectivity index (χ0n) is 18.0. The van der Waals surface area contributed by atoms with Gasteiger partial charge in [0.25, 0.3) is 0 Å². The standard InChI is InChI=1S/C21H32F3N5/c1-6-8-9-28(5)14-17-12-26-27-19(17)16-10-18(21(22,23)24)20(25-11-16)29(7-2)13-15(3)4/h10-12,15H,6-9,13-14H2,1-5H3,(H,26,27). The topological polar surface area (TPSA) is 48.1 Å². The van der Waals surface area contributed by atoms with Crippen LogP contribution in [0.15, 0.2) is 18.5 Å². The molecule has 0 spiro atoms. The summed E-state index contributed by atoms with van der Waals surface area (Å²) in [6.07, 6.45) is 0.863. The highest BCUT2D eigenvalue weighted by molar-refractivity contribution is 5.66. The van der Waals surface area contributed by atoms with Crippen molar-refractivity contribution in [2.75, 3.05) is 31.6 Å². The molecule has 0 unspecified atom stereocenters. The third kappa shape index (κ3) is 6.19. The van der Waals surface area contributed by atoms with Crippen LogP contribution in [-0.2, 0) is 12.7 Å². The average Bonchev–Trinajstić information content (AvgIpc) is 3.11. The number of alkyl halides is 3. The summed E-state index contributed by atoms with van der Waals surface area (Å²) in [4.78, 5) is 8.07. The molecule has 0 aliphatic carbocycles. The number of halogens is 3. The third-order valence-electron chi connectivity index (χ3n) is 4.78. The van der Waals surface area contributed by atoms with Gasteiger partial charge in [0.15, 0.2) is 0 Å². The molecule has 8 heteroatoms. The van der Waals surface area contributed by atoms with E-state index in [1.165, 1.54) is 12.3 Å². The zero-order valence-corrected chi connectivity index (χ0v) is 18.0. The molecule has 162 valence electrons. The average molecular weight is 412 g/mol. The highest BCUT2D eigenvalue weighted by Crippen LogP contribution is 2.38. The van der Waals surface area contributed by atoms with Crippen LogP contribution in [0.3, 0.4) is 0 Å². The van der Waals surface area contributed by atoms with E-state index in [1.54, 1.807) is 11.1 Å². The Hall–Kier alpha value is -2.09. The van der Waals surface area contributed by atoms with Crippen molar-refractivity contribution in [3.63, 3.8) is 0 Å². The van der Waals surface area contributed by atoms with Crippen LogP contribution in [0, 0.1) is 5.92 Å². The molecule has 0 aromatic carbocycles. The highest BCUT2D eigenvalue weighted by atomic mass is 19.4. The lowest BCUT2D eigenvalue weighted by Crippen LogP contribution is -2.30. The monoisotopic (exact) mass is 411 g/mol. The van der Waals surface area contributed by atoms with E-state index in [2.05, 4.69) is 27.0 Å². The van der Waals surface area contributed by atoms with Gasteiger partial charge >= 0.3 is 6.18 Å². The number of pyridine rings is 1. The van der Waals surface area contributed by atoms with Gasteiger partial charge in [-0.2, -0.15) is 18.3 Å². The number of rotatable bonds is 10. The van der Waals surface area contributed by atoms with Gasteiger partial charge in [0.2, 0.25) is 0 Å². The first-order valence-electron chi connectivity index (χ1n) is 10.2. The summed E-state index contributed by atoms with van der Waals surface area (Å²) >= 11 is 0. The summed E-state index contributed by atoms with van der Waals surface area (Å²) < 4.78 is 41.6. The summed E-state index contributed by atoms with van der Waals surface area (Å²) in [6, 6.07) is 1.19. The van der Waals surface area contributed by atoms with Crippen molar-refractivity contribution in [3.05, 3.63) is 29.6 Å². The quantitative estimate of drug-likeness (QED) is 0.583. The van der Waals surface area contributed by atoms with E-state index in [0.29, 0.717) is 30.9 Å². The maximum atomic E-state index is 13.9. The summed E-state index contributed by atoms with van der Waals surface area (Å²) in [5.74, 6) is 0.217. The number of aromatic nitrogens is 3. The molecule has 2 heterocycles. The Bertz CT molecular complexity index is 770. The molecule has 0 saturated heterocycles. The summed E-state index contributed by atoms with van der Waals surface area (Å²) in [5.41, 5.74) is 1.14. The van der Waals surface area contributed by atoms with Crippen LogP contribution >= 0.6 is 0 Å². The second-order valence-corrected chi connectivity index (χ2v) is 7.89. The van der Waals surface area contributed by atoms with Gasteiger partial charge in [-0.25, -0.2) is 4.98 Å². The molecule has 1 N–H and O–H groups in total. The lowest BCUT2D eigenvalue weighted by molar-refractivity contribution is -0.137. The van der Waals surface area contributed by atoms with Gasteiger partial charge in [-0.05, 0) is 38.9 Å². The predicted molar refractivity (Wildman–Crippen MR) is 111 cm³/mol. The zero-order chi connectivity index (χ0) is 21.6. The number of anilines is 1. The minimum Gasteiger partial charge on any atom is -0.356 e. The molecular weight excluding hydrogens is 379 g/mol. The van der Waals surface area contributed by atoms with Gasteiger partial charge in [0.1, 0.15) is 5.82 Å². The van der Waals surface area contributed by atoms with E-state index in [9.17, 15) is 13.2 Å². The number of nitrogens with one attached hydrogen (secondary N) is 1. The molecule has 0 fully saturated rings. The van der Waals surface area contributed by atoms with E-state index < -0.39 is 11.7 Å². The lowest BCUT2D eigenvalue weighted by atomic mass is 10.1. The van der Waals surface area contributed by atoms with Gasteiger partial charge in [-0.3, -0.25) is 5.10 Å². The number of H-pyrrole nitrogens is 1. The molecule has 0 aliphatic heterocycles. The summed E-state index contributed by atoms with van der Waals surface area (Å²) in [5, 5.41) is 6.93. The molecule has 5 nitrogen and oxygen atoms in total. The molecule has 2 rings (SSSR count). The Morgan fingerprint density at radius 2 is 1.90 bits per heavy atom. The molecular formula is C21H32F3N5. The molecule has 2 aromatic rings. The van der Waals surface area contributed by atoms with Gasteiger partial charge in [0, 0.05) is 37.0 Å². The van der Waals surface area contributed by atoms with Crippen LogP contribution in [0.1, 0.15) is 51.7 Å². The van der Waals surface area contributed by atoms with Crippen LogP contribution in [0.25, 0.3) is 11.3 Å². The first-order chi connectivity index (χ1) is 13.7. The largest absolute Gasteiger partial charge is 0.419 e. The van der Waals surface area contributed by atoms with E-state index in [4.69, 9.17) is 0 Å². The van der Waals surface area contributed by atoms with Crippen molar-refractivity contribution in [1.29, 1.82) is 0 Å². The van der Waals surface area contributed by atoms with Crippen molar-refractivity contribution >= 4 is 5.82 Å². The maximum Gasteiger partial charge on any atom is 0.419 e. The number of aromatic amines is 1. The Kier molecular flexibility index (Phi) is 8.07. The van der Waals surface area contributed by atoms with Crippen molar-refractivity contribution in [3.8, 4) is 11.3 Å². The first-order valence-corrected chi connectivity index (χ1v) is 10.2. The van der Waals surface area contributed by atoms with Crippen molar-refractivity contribution in [2.45, 2.75) is 53.3 Å². The van der Waals surface area contributed by atoms with Crippen LogP contribution < -0.4 is 4.90 Å². The fourth-order valence-corrected chi connectivity index (χ4v) is 3.34. The van der Waals surface area contributed by atoms with Crippen molar-refractivity contribution in [2.24, 2.45) is 5.92 Å². The van der Waals surface area contributed by atoms with Crippen molar-refractivity contribution < 1.29 is 13.2 Å². The predicted octanol–water partition coefficient (Wildman–Crippen LogP) is 5.20. The number of nitrogens with zero attached hydrogens (tertiary/aromatic N) is 4. The van der Waals surface area contributed by atoms with Gasteiger partial charge in [-0.1, -0.05) is 27.2 Å². The molecule has 0 amide bonds. The van der Waals surface area contributed by atoms with Crippen molar-refractivity contribution in [1.82, 2.24) is 20.1 Å². The van der Waals surface area contributed by atoms with Gasteiger partial charge in [-0.15, -0.1) is 0 Å². The number of hydrogen-bond donors (Lipinski definition) is 1. The van der Waals surface area contributed by atoms with E-state index in [1.807, 2.05) is 27.8 Å². The van der Waals surface area contributed by atoms with E-state index in [0.717, 1.165) is 24.9 Å².